The van der Waals surface area contributed by atoms with Crippen LogP contribution in [0.15, 0.2) is 23.2 Å². The highest BCUT2D eigenvalue weighted by molar-refractivity contribution is 5.79. The molecule has 0 saturated heterocycles. The Hall–Kier alpha value is -1.82. The van der Waals surface area contributed by atoms with Gasteiger partial charge < -0.3 is 20.3 Å². The Balaban J connectivity index is 2.54. The van der Waals surface area contributed by atoms with Crippen LogP contribution >= 0.6 is 0 Å². The maximum Gasteiger partial charge on any atom is 0.191 e. The molecule has 112 valence electrons. The van der Waals surface area contributed by atoms with E-state index in [1.807, 2.05) is 44.1 Å². The van der Waals surface area contributed by atoms with Crippen molar-refractivity contribution in [3.8, 4) is 0 Å². The summed E-state index contributed by atoms with van der Waals surface area (Å²) in [6, 6.07) is 6.18. The van der Waals surface area contributed by atoms with Crippen LogP contribution in [0, 0.1) is 0 Å². The Bertz CT molecular complexity index is 433. The third-order valence-corrected chi connectivity index (χ3v) is 2.71. The van der Waals surface area contributed by atoms with Crippen LogP contribution in [0.2, 0.25) is 0 Å². The van der Waals surface area contributed by atoms with Gasteiger partial charge in [-0.3, -0.25) is 4.99 Å². The molecule has 0 radical (unpaired) electrons. The molecule has 2 N–H and O–H groups in total. The van der Waals surface area contributed by atoms with Crippen LogP contribution in [-0.4, -0.2) is 51.8 Å². The summed E-state index contributed by atoms with van der Waals surface area (Å²) in [4.78, 5) is 10.7. The lowest BCUT2D eigenvalue weighted by molar-refractivity contribution is 0.179. The van der Waals surface area contributed by atoms with E-state index in [1.54, 1.807) is 14.2 Å². The van der Waals surface area contributed by atoms with Gasteiger partial charge in [0.1, 0.15) is 5.82 Å². The van der Waals surface area contributed by atoms with Crippen LogP contribution in [-0.2, 0) is 11.3 Å². The quantitative estimate of drug-likeness (QED) is 0.597. The number of aromatic nitrogens is 1. The molecular formula is C14H25N5O. The molecule has 0 spiro atoms. The topological polar surface area (TPSA) is 61.8 Å². The standard InChI is InChI=1S/C14H25N5O/c1-11(10-20-5)17-14(15-2)16-9-12-7-6-8-13(18-12)19(3)4/h6-8,11H,9-10H2,1-5H3,(H2,15,16,17). The fourth-order valence-corrected chi connectivity index (χ4v) is 1.71. The number of rotatable bonds is 6. The fourth-order valence-electron chi connectivity index (χ4n) is 1.71. The van der Waals surface area contributed by atoms with E-state index in [0.29, 0.717) is 13.2 Å². The number of aliphatic imine (C=N–C) groups is 1. The van der Waals surface area contributed by atoms with Crippen LogP contribution in [0.25, 0.3) is 0 Å². The molecule has 1 heterocycles. The molecular weight excluding hydrogens is 254 g/mol. The van der Waals surface area contributed by atoms with E-state index in [1.165, 1.54) is 0 Å². The first-order valence-electron chi connectivity index (χ1n) is 6.66. The third-order valence-electron chi connectivity index (χ3n) is 2.71. The van der Waals surface area contributed by atoms with Crippen molar-refractivity contribution in [2.45, 2.75) is 19.5 Å². The normalized spacial score (nSPS) is 12.9. The van der Waals surface area contributed by atoms with Crippen LogP contribution in [0.1, 0.15) is 12.6 Å². The van der Waals surface area contributed by atoms with Crippen molar-refractivity contribution in [1.29, 1.82) is 0 Å². The van der Waals surface area contributed by atoms with E-state index in [9.17, 15) is 0 Å². The second-order valence-electron chi connectivity index (χ2n) is 4.81. The number of hydrogen-bond acceptors (Lipinski definition) is 4. The number of anilines is 1. The summed E-state index contributed by atoms with van der Waals surface area (Å²) >= 11 is 0. The molecule has 0 aliphatic rings. The maximum atomic E-state index is 5.09. The predicted octanol–water partition coefficient (Wildman–Crippen LogP) is 0.848. The van der Waals surface area contributed by atoms with Gasteiger partial charge in [0.05, 0.1) is 18.8 Å². The molecule has 6 nitrogen and oxygen atoms in total. The van der Waals surface area contributed by atoms with Crippen LogP contribution in [0.4, 0.5) is 5.82 Å². The van der Waals surface area contributed by atoms with Gasteiger partial charge in [-0.2, -0.15) is 0 Å². The maximum absolute atomic E-state index is 5.09. The van der Waals surface area contributed by atoms with E-state index in [4.69, 9.17) is 4.74 Å². The van der Waals surface area contributed by atoms with Gasteiger partial charge in [-0.1, -0.05) is 6.07 Å². The molecule has 0 bridgehead atoms. The highest BCUT2D eigenvalue weighted by Gasteiger charge is 2.05. The Morgan fingerprint density at radius 2 is 2.20 bits per heavy atom. The van der Waals surface area contributed by atoms with Gasteiger partial charge in [-0.25, -0.2) is 4.98 Å². The van der Waals surface area contributed by atoms with Crippen LogP contribution in [0.5, 0.6) is 0 Å². The smallest absolute Gasteiger partial charge is 0.191 e. The van der Waals surface area contributed by atoms with Crippen molar-refractivity contribution in [2.75, 3.05) is 39.8 Å². The molecule has 0 fully saturated rings. The molecule has 0 aliphatic heterocycles. The molecule has 0 aromatic carbocycles. The van der Waals surface area contributed by atoms with E-state index >= 15 is 0 Å². The monoisotopic (exact) mass is 279 g/mol. The Morgan fingerprint density at radius 1 is 1.45 bits per heavy atom. The second-order valence-corrected chi connectivity index (χ2v) is 4.81. The molecule has 1 unspecified atom stereocenters. The lowest BCUT2D eigenvalue weighted by Gasteiger charge is -2.17. The van der Waals surface area contributed by atoms with Crippen molar-refractivity contribution in [3.05, 3.63) is 23.9 Å². The zero-order chi connectivity index (χ0) is 15.0. The number of hydrogen-bond donors (Lipinski definition) is 2. The third kappa shape index (κ3) is 5.44. The number of methoxy groups -OCH3 is 1. The van der Waals surface area contributed by atoms with E-state index in [2.05, 4.69) is 20.6 Å². The first-order chi connectivity index (χ1) is 9.56. The first kappa shape index (κ1) is 16.2. The second kappa shape index (κ2) is 8.37. The molecule has 0 aliphatic carbocycles. The van der Waals surface area contributed by atoms with Crippen LogP contribution < -0.4 is 15.5 Å². The summed E-state index contributed by atoms with van der Waals surface area (Å²) in [6.07, 6.45) is 0. The molecule has 0 saturated carbocycles. The fraction of sp³-hybridized carbons (Fsp3) is 0.571. The molecule has 0 amide bonds. The van der Waals surface area contributed by atoms with Gasteiger partial charge >= 0.3 is 0 Å². The highest BCUT2D eigenvalue weighted by Crippen LogP contribution is 2.07. The molecule has 1 aromatic heterocycles. The van der Waals surface area contributed by atoms with E-state index < -0.39 is 0 Å². The minimum Gasteiger partial charge on any atom is -0.383 e. The van der Waals surface area contributed by atoms with Crippen molar-refractivity contribution >= 4 is 11.8 Å². The Morgan fingerprint density at radius 3 is 2.80 bits per heavy atom. The summed E-state index contributed by atoms with van der Waals surface area (Å²) in [6.45, 7) is 3.30. The summed E-state index contributed by atoms with van der Waals surface area (Å²) in [5, 5.41) is 6.49. The average molecular weight is 279 g/mol. The lowest BCUT2D eigenvalue weighted by Crippen LogP contribution is -2.43. The number of nitrogens with one attached hydrogen (secondary N) is 2. The highest BCUT2D eigenvalue weighted by atomic mass is 16.5. The zero-order valence-electron chi connectivity index (χ0n) is 13.0. The Labute approximate surface area is 121 Å². The summed E-state index contributed by atoms with van der Waals surface area (Å²) in [5.41, 5.74) is 0.971. The number of ether oxygens (including phenoxy) is 1. The first-order valence-corrected chi connectivity index (χ1v) is 6.66. The van der Waals surface area contributed by atoms with Crippen molar-refractivity contribution in [3.63, 3.8) is 0 Å². The average Bonchev–Trinajstić information content (AvgIpc) is 2.44. The van der Waals surface area contributed by atoms with Gasteiger partial charge in [-0.15, -0.1) is 0 Å². The van der Waals surface area contributed by atoms with E-state index in [0.717, 1.165) is 17.5 Å². The van der Waals surface area contributed by atoms with Gasteiger partial charge in [-0.05, 0) is 19.1 Å². The van der Waals surface area contributed by atoms with Crippen molar-refractivity contribution < 1.29 is 4.74 Å². The molecule has 6 heteroatoms. The van der Waals surface area contributed by atoms with Crippen molar-refractivity contribution in [1.82, 2.24) is 15.6 Å². The number of nitrogens with zero attached hydrogens (tertiary/aromatic N) is 3. The largest absolute Gasteiger partial charge is 0.383 e. The summed E-state index contributed by atoms with van der Waals surface area (Å²) < 4.78 is 5.09. The Kier molecular flexibility index (Phi) is 6.79. The molecule has 1 rings (SSSR count). The number of guanidine groups is 1. The molecule has 1 aromatic rings. The zero-order valence-corrected chi connectivity index (χ0v) is 13.0. The van der Waals surface area contributed by atoms with E-state index in [-0.39, 0.29) is 6.04 Å². The minimum atomic E-state index is 0.201. The predicted molar refractivity (Wildman–Crippen MR) is 83.2 cm³/mol. The van der Waals surface area contributed by atoms with Gasteiger partial charge in [0.25, 0.3) is 0 Å². The SMILES string of the molecule is CN=C(NCc1cccc(N(C)C)n1)NC(C)COC. The van der Waals surface area contributed by atoms with Gasteiger partial charge in [0.2, 0.25) is 0 Å². The van der Waals surface area contributed by atoms with Gasteiger partial charge in [0.15, 0.2) is 5.96 Å². The summed E-state index contributed by atoms with van der Waals surface area (Å²) in [5.74, 6) is 1.69. The van der Waals surface area contributed by atoms with Crippen LogP contribution in [0.3, 0.4) is 0 Å². The minimum absolute atomic E-state index is 0.201. The van der Waals surface area contributed by atoms with Crippen molar-refractivity contribution in [2.24, 2.45) is 4.99 Å². The molecule has 20 heavy (non-hydrogen) atoms. The van der Waals surface area contributed by atoms with Gasteiger partial charge in [0, 0.05) is 34.3 Å². The number of pyridine rings is 1. The summed E-state index contributed by atoms with van der Waals surface area (Å²) in [7, 11) is 7.39. The lowest BCUT2D eigenvalue weighted by atomic mass is 10.3. The molecule has 1 atom stereocenters.